The Hall–Kier alpha value is -0.260. The van der Waals surface area contributed by atoms with Crippen LogP contribution in [0.4, 0.5) is 0 Å². The molecule has 2 aliphatic heterocycles. The van der Waals surface area contributed by atoms with Crippen LogP contribution in [0.3, 0.4) is 0 Å². The van der Waals surface area contributed by atoms with Gasteiger partial charge in [0, 0.05) is 10.7 Å². The lowest BCUT2D eigenvalue weighted by atomic mass is 10.3. The number of hydrogen-bond donors (Lipinski definition) is 1. The van der Waals surface area contributed by atoms with E-state index in [9.17, 15) is 8.42 Å². The van der Waals surface area contributed by atoms with Gasteiger partial charge < -0.3 is 5.11 Å². The first-order valence-electron chi connectivity index (χ1n) is 4.03. The number of rotatable bonds is 1. The highest BCUT2D eigenvalue weighted by Gasteiger charge is 2.38. The summed E-state index contributed by atoms with van der Waals surface area (Å²) in [7, 11) is -3.22. The van der Waals surface area contributed by atoms with Crippen molar-refractivity contribution in [3.8, 4) is 0 Å². The van der Waals surface area contributed by atoms with E-state index in [1.165, 1.54) is 0 Å². The van der Waals surface area contributed by atoms with Gasteiger partial charge in [0.15, 0.2) is 9.84 Å². The van der Waals surface area contributed by atoms with Gasteiger partial charge in [0.1, 0.15) is 0 Å². The Balaban J connectivity index is 2.45. The van der Waals surface area contributed by atoms with Crippen LogP contribution < -0.4 is 0 Å². The summed E-state index contributed by atoms with van der Waals surface area (Å²) in [6.45, 7) is -0.274. The number of aliphatic hydroxyl groups excluding tert-OH is 1. The number of hydrogen-bond acceptors (Lipinski definition) is 4. The van der Waals surface area contributed by atoms with Gasteiger partial charge >= 0.3 is 0 Å². The molecule has 0 aromatic heterocycles. The van der Waals surface area contributed by atoms with Crippen LogP contribution in [0.2, 0.25) is 0 Å². The maximum atomic E-state index is 11.7. The van der Waals surface area contributed by atoms with Crippen LogP contribution in [0.5, 0.6) is 0 Å². The van der Waals surface area contributed by atoms with Crippen LogP contribution in [0.25, 0.3) is 0 Å². The minimum Gasteiger partial charge on any atom is -0.395 e. The summed E-state index contributed by atoms with van der Waals surface area (Å²) in [5.41, 5.74) is 0. The summed E-state index contributed by atoms with van der Waals surface area (Å²) in [6, 6.07) is 0. The van der Waals surface area contributed by atoms with Crippen molar-refractivity contribution in [2.24, 2.45) is 0 Å². The first-order chi connectivity index (χ1) is 6.16. The van der Waals surface area contributed by atoms with Gasteiger partial charge in [0.05, 0.1) is 16.8 Å². The molecule has 0 saturated heterocycles. The van der Waals surface area contributed by atoms with Gasteiger partial charge in [-0.2, -0.15) is 0 Å². The van der Waals surface area contributed by atoms with Crippen molar-refractivity contribution < 1.29 is 13.5 Å². The largest absolute Gasteiger partial charge is 0.395 e. The summed E-state index contributed by atoms with van der Waals surface area (Å²) in [5.74, 6) is 0.840. The molecule has 0 spiro atoms. The molecule has 0 saturated carbocycles. The molecule has 0 aromatic carbocycles. The zero-order valence-corrected chi connectivity index (χ0v) is 8.57. The van der Waals surface area contributed by atoms with Crippen molar-refractivity contribution >= 4 is 21.6 Å². The molecule has 2 aliphatic rings. The van der Waals surface area contributed by atoms with Crippen molar-refractivity contribution in [1.29, 1.82) is 0 Å². The van der Waals surface area contributed by atoms with Gasteiger partial charge in [-0.3, -0.25) is 0 Å². The number of aliphatic hydroxyl groups is 1. The van der Waals surface area contributed by atoms with E-state index in [-0.39, 0.29) is 6.61 Å². The molecule has 0 fully saturated rings. The van der Waals surface area contributed by atoms with E-state index >= 15 is 0 Å². The molecule has 0 aromatic rings. The standard InChI is InChI=1S/C8H10O3S2/c9-5-6-4-7-8(13(6,10)11)2-1-3-12-7/h1-2,6,9H,3-5H2. The van der Waals surface area contributed by atoms with Gasteiger partial charge in [-0.1, -0.05) is 6.08 Å². The fourth-order valence-corrected chi connectivity index (χ4v) is 4.72. The Morgan fingerprint density at radius 1 is 1.62 bits per heavy atom. The minimum atomic E-state index is -3.22. The molecule has 3 nitrogen and oxygen atoms in total. The van der Waals surface area contributed by atoms with Crippen LogP contribution in [0.1, 0.15) is 6.42 Å². The summed E-state index contributed by atoms with van der Waals surface area (Å²) in [5, 5.41) is 8.31. The second kappa shape index (κ2) is 3.15. The van der Waals surface area contributed by atoms with E-state index in [0.717, 1.165) is 10.7 Å². The van der Waals surface area contributed by atoms with E-state index in [1.54, 1.807) is 17.8 Å². The lowest BCUT2D eigenvalue weighted by molar-refractivity contribution is 0.291. The van der Waals surface area contributed by atoms with E-state index in [1.807, 2.05) is 6.08 Å². The molecule has 2 heterocycles. The second-order valence-electron chi connectivity index (χ2n) is 3.05. The predicted octanol–water partition coefficient (Wildman–Crippen LogP) is 0.680. The molecule has 1 atom stereocenters. The summed E-state index contributed by atoms with van der Waals surface area (Å²) < 4.78 is 23.4. The number of allylic oxidation sites excluding steroid dienone is 2. The average Bonchev–Trinajstić information content (AvgIpc) is 2.39. The fourth-order valence-electron chi connectivity index (χ4n) is 1.54. The molecule has 13 heavy (non-hydrogen) atoms. The molecular formula is C8H10O3S2. The SMILES string of the molecule is O=S1(=O)C2=C(CC1CO)SCC=C2. The second-order valence-corrected chi connectivity index (χ2v) is 6.37. The van der Waals surface area contributed by atoms with E-state index < -0.39 is 15.1 Å². The molecule has 2 rings (SSSR count). The highest BCUT2D eigenvalue weighted by atomic mass is 32.2. The summed E-state index contributed by atoms with van der Waals surface area (Å²) in [4.78, 5) is 1.35. The molecule has 1 unspecified atom stereocenters. The van der Waals surface area contributed by atoms with Crippen LogP contribution in [-0.2, 0) is 9.84 Å². The molecule has 0 aliphatic carbocycles. The van der Waals surface area contributed by atoms with Crippen molar-refractivity contribution in [2.45, 2.75) is 11.7 Å². The van der Waals surface area contributed by atoms with E-state index in [0.29, 0.717) is 11.3 Å². The Bertz CT molecular complexity index is 378. The average molecular weight is 218 g/mol. The third-order valence-corrected chi connectivity index (χ3v) is 5.67. The first kappa shape index (κ1) is 9.30. The van der Waals surface area contributed by atoms with E-state index in [4.69, 9.17) is 5.11 Å². The van der Waals surface area contributed by atoms with Gasteiger partial charge in [0.25, 0.3) is 0 Å². The first-order valence-corrected chi connectivity index (χ1v) is 6.56. The lowest BCUT2D eigenvalue weighted by Gasteiger charge is -2.05. The van der Waals surface area contributed by atoms with Gasteiger partial charge in [-0.15, -0.1) is 11.8 Å². The fraction of sp³-hybridized carbons (Fsp3) is 0.500. The Morgan fingerprint density at radius 2 is 2.38 bits per heavy atom. The topological polar surface area (TPSA) is 54.4 Å². The van der Waals surface area contributed by atoms with Crippen LogP contribution in [0.15, 0.2) is 22.0 Å². The smallest absolute Gasteiger partial charge is 0.184 e. The molecule has 0 bridgehead atoms. The molecule has 5 heteroatoms. The lowest BCUT2D eigenvalue weighted by Crippen LogP contribution is -2.20. The Kier molecular flexibility index (Phi) is 2.25. The van der Waals surface area contributed by atoms with E-state index in [2.05, 4.69) is 0 Å². The molecule has 0 amide bonds. The van der Waals surface area contributed by atoms with Crippen molar-refractivity contribution in [2.75, 3.05) is 12.4 Å². The molecular weight excluding hydrogens is 208 g/mol. The zero-order valence-electron chi connectivity index (χ0n) is 6.93. The maximum absolute atomic E-state index is 11.7. The quantitative estimate of drug-likeness (QED) is 0.703. The van der Waals surface area contributed by atoms with Gasteiger partial charge in [-0.05, 0) is 12.5 Å². The maximum Gasteiger partial charge on any atom is 0.184 e. The zero-order chi connectivity index (χ0) is 9.47. The van der Waals surface area contributed by atoms with Crippen LogP contribution >= 0.6 is 11.8 Å². The van der Waals surface area contributed by atoms with Crippen LogP contribution in [-0.4, -0.2) is 31.1 Å². The van der Waals surface area contributed by atoms with Crippen molar-refractivity contribution in [1.82, 2.24) is 0 Å². The summed E-state index contributed by atoms with van der Waals surface area (Å²) >= 11 is 1.56. The van der Waals surface area contributed by atoms with Crippen LogP contribution in [0, 0.1) is 0 Å². The Morgan fingerprint density at radius 3 is 3.00 bits per heavy atom. The minimum absolute atomic E-state index is 0.274. The highest BCUT2D eigenvalue weighted by molar-refractivity contribution is 8.05. The Labute approximate surface area is 81.4 Å². The molecule has 0 radical (unpaired) electrons. The van der Waals surface area contributed by atoms with Crippen molar-refractivity contribution in [3.63, 3.8) is 0 Å². The highest BCUT2D eigenvalue weighted by Crippen LogP contribution is 2.41. The van der Waals surface area contributed by atoms with Crippen molar-refractivity contribution in [3.05, 3.63) is 22.0 Å². The van der Waals surface area contributed by atoms with Gasteiger partial charge in [-0.25, -0.2) is 8.42 Å². The predicted molar refractivity (Wildman–Crippen MR) is 53.0 cm³/mol. The normalized spacial score (nSPS) is 30.7. The monoisotopic (exact) mass is 218 g/mol. The third-order valence-electron chi connectivity index (χ3n) is 2.26. The molecule has 1 N–H and O–H groups in total. The molecule has 72 valence electrons. The number of sulfone groups is 1. The van der Waals surface area contributed by atoms with Gasteiger partial charge in [0.2, 0.25) is 0 Å². The third kappa shape index (κ3) is 1.35. The summed E-state index contributed by atoms with van der Waals surface area (Å²) in [6.07, 6.45) is 4.00. The number of thioether (sulfide) groups is 1.